The van der Waals surface area contributed by atoms with E-state index in [-0.39, 0.29) is 12.7 Å². The third-order valence-electron chi connectivity index (χ3n) is 5.36. The van der Waals surface area contributed by atoms with Crippen molar-refractivity contribution in [2.24, 2.45) is 0 Å². The predicted octanol–water partition coefficient (Wildman–Crippen LogP) is 1.73. The lowest BCUT2D eigenvalue weighted by Gasteiger charge is -2.34. The molecule has 0 bridgehead atoms. The van der Waals surface area contributed by atoms with Crippen molar-refractivity contribution in [1.29, 1.82) is 0 Å². The van der Waals surface area contributed by atoms with Crippen LogP contribution in [0.5, 0.6) is 0 Å². The Balaban J connectivity index is 1.48. The molecule has 1 aromatic rings. The molecule has 0 unspecified atom stereocenters. The molecule has 0 radical (unpaired) electrons. The van der Waals surface area contributed by atoms with Crippen LogP contribution in [0.2, 0.25) is 0 Å². The molecule has 1 aliphatic carbocycles. The van der Waals surface area contributed by atoms with Gasteiger partial charge in [0.15, 0.2) is 12.1 Å². The second kappa shape index (κ2) is 7.31. The van der Waals surface area contributed by atoms with Crippen LogP contribution < -0.4 is 0 Å². The van der Waals surface area contributed by atoms with Crippen LogP contribution in [0.15, 0.2) is 30.3 Å². The maximum Gasteiger partial charge on any atom is 0.190 e. The highest BCUT2D eigenvalue weighted by atomic mass is 16.8. The number of aliphatic hydroxyl groups is 2. The van der Waals surface area contributed by atoms with Crippen molar-refractivity contribution in [3.8, 4) is 0 Å². The van der Waals surface area contributed by atoms with E-state index in [0.29, 0.717) is 6.61 Å². The van der Waals surface area contributed by atoms with Crippen molar-refractivity contribution >= 4 is 0 Å². The number of fused-ring (bicyclic) bond motifs is 1. The number of ether oxygens (including phenoxy) is 4. The van der Waals surface area contributed by atoms with Crippen LogP contribution in [0.1, 0.15) is 37.7 Å². The van der Waals surface area contributed by atoms with Crippen LogP contribution in [0.25, 0.3) is 0 Å². The van der Waals surface area contributed by atoms with Gasteiger partial charge in [-0.05, 0) is 18.4 Å². The third kappa shape index (κ3) is 3.47. The lowest BCUT2D eigenvalue weighted by atomic mass is 9.94. The monoisotopic (exact) mass is 350 g/mol. The number of aliphatic hydroxyl groups excluding tert-OH is 2. The molecule has 2 heterocycles. The molecule has 0 aromatic heterocycles. The molecule has 0 amide bonds. The van der Waals surface area contributed by atoms with Crippen LogP contribution >= 0.6 is 0 Å². The topological polar surface area (TPSA) is 77.4 Å². The normalized spacial score (nSPS) is 35.0. The maximum absolute atomic E-state index is 10.1. The number of benzene rings is 1. The summed E-state index contributed by atoms with van der Waals surface area (Å²) in [5.41, 5.74) is 1.04. The highest BCUT2D eigenvalue weighted by molar-refractivity contribution is 5.13. The predicted molar refractivity (Wildman–Crippen MR) is 88.5 cm³/mol. The van der Waals surface area contributed by atoms with Gasteiger partial charge < -0.3 is 29.2 Å². The van der Waals surface area contributed by atoms with E-state index in [1.807, 2.05) is 30.3 Å². The van der Waals surface area contributed by atoms with Gasteiger partial charge in [-0.2, -0.15) is 0 Å². The van der Waals surface area contributed by atoms with E-state index in [9.17, 15) is 10.2 Å². The summed E-state index contributed by atoms with van der Waals surface area (Å²) in [4.78, 5) is 0. The molecule has 25 heavy (non-hydrogen) atoms. The second-order valence-corrected chi connectivity index (χ2v) is 7.15. The average molecular weight is 350 g/mol. The molecular formula is C19H26O6. The summed E-state index contributed by atoms with van der Waals surface area (Å²) in [7, 11) is 0. The Hall–Kier alpha value is -1.02. The summed E-state index contributed by atoms with van der Waals surface area (Å²) in [6.07, 6.45) is 1.99. The van der Waals surface area contributed by atoms with Crippen molar-refractivity contribution < 1.29 is 29.2 Å². The van der Waals surface area contributed by atoms with Crippen molar-refractivity contribution in [2.45, 2.75) is 75.2 Å². The smallest absolute Gasteiger partial charge is 0.190 e. The van der Waals surface area contributed by atoms with E-state index in [0.717, 1.165) is 31.2 Å². The van der Waals surface area contributed by atoms with Gasteiger partial charge >= 0.3 is 0 Å². The Bertz CT molecular complexity index is 558. The summed E-state index contributed by atoms with van der Waals surface area (Å²) in [5.74, 6) is -0.572. The van der Waals surface area contributed by atoms with Gasteiger partial charge in [-0.25, -0.2) is 0 Å². The first-order valence-electron chi connectivity index (χ1n) is 9.16. The van der Waals surface area contributed by atoms with Gasteiger partial charge in [0.1, 0.15) is 24.4 Å². The average Bonchev–Trinajstić information content (AvgIpc) is 3.15. The third-order valence-corrected chi connectivity index (χ3v) is 5.36. The Morgan fingerprint density at radius 3 is 2.60 bits per heavy atom. The van der Waals surface area contributed by atoms with Gasteiger partial charge in [0.25, 0.3) is 0 Å². The van der Waals surface area contributed by atoms with Gasteiger partial charge in [-0.15, -0.1) is 0 Å². The van der Waals surface area contributed by atoms with Crippen molar-refractivity contribution in [3.63, 3.8) is 0 Å². The molecule has 4 rings (SSSR count). The molecule has 1 saturated carbocycles. The van der Waals surface area contributed by atoms with Crippen LogP contribution in [0, 0.1) is 0 Å². The molecule has 2 aliphatic heterocycles. The summed E-state index contributed by atoms with van der Waals surface area (Å²) >= 11 is 0. The molecule has 5 atom stereocenters. The van der Waals surface area contributed by atoms with E-state index >= 15 is 0 Å². The Kier molecular flexibility index (Phi) is 5.08. The molecular weight excluding hydrogens is 324 g/mol. The second-order valence-electron chi connectivity index (χ2n) is 7.15. The van der Waals surface area contributed by atoms with Gasteiger partial charge in [0.05, 0.1) is 13.2 Å². The molecule has 6 heteroatoms. The first-order valence-corrected chi connectivity index (χ1v) is 9.16. The minimum absolute atomic E-state index is 0.381. The van der Waals surface area contributed by atoms with Gasteiger partial charge in [-0.3, -0.25) is 0 Å². The summed E-state index contributed by atoms with van der Waals surface area (Å²) in [6.45, 7) is 0.00351. The first-order chi connectivity index (χ1) is 12.2. The van der Waals surface area contributed by atoms with E-state index in [1.165, 1.54) is 6.42 Å². The SMILES string of the molecule is OC[C@@H](O)[C@H]1O[C@@H]2OC3(CCCCC3)O[C@@H]2[C@H]1OCc1ccccc1. The van der Waals surface area contributed by atoms with Crippen molar-refractivity contribution in [3.05, 3.63) is 35.9 Å². The fourth-order valence-electron chi connectivity index (χ4n) is 4.05. The molecule has 138 valence electrons. The van der Waals surface area contributed by atoms with E-state index in [1.54, 1.807) is 0 Å². The maximum atomic E-state index is 10.1. The Labute approximate surface area is 147 Å². The van der Waals surface area contributed by atoms with Crippen molar-refractivity contribution in [2.75, 3.05) is 6.61 Å². The van der Waals surface area contributed by atoms with Crippen LogP contribution in [0.4, 0.5) is 0 Å². The Morgan fingerprint density at radius 1 is 1.12 bits per heavy atom. The molecule has 6 nitrogen and oxygen atoms in total. The quantitative estimate of drug-likeness (QED) is 0.842. The standard InChI is InChI=1S/C19H26O6/c20-11-14(21)15-16(22-12-13-7-3-1-4-8-13)17-18(23-15)25-19(24-17)9-5-2-6-10-19/h1,3-4,7-8,14-18,20-21H,2,5-6,9-12H2/t14-,15-,16+,17-,18-/m1/s1. The lowest BCUT2D eigenvalue weighted by molar-refractivity contribution is -0.257. The summed E-state index contributed by atoms with van der Waals surface area (Å²) in [5, 5.41) is 19.5. The Morgan fingerprint density at radius 2 is 1.88 bits per heavy atom. The molecule has 3 aliphatic rings. The molecule has 2 saturated heterocycles. The van der Waals surface area contributed by atoms with Crippen molar-refractivity contribution in [1.82, 2.24) is 0 Å². The lowest BCUT2D eigenvalue weighted by Crippen LogP contribution is -2.45. The number of hydrogen-bond donors (Lipinski definition) is 2. The number of rotatable bonds is 5. The molecule has 1 aromatic carbocycles. The molecule has 3 fully saturated rings. The van der Waals surface area contributed by atoms with Gasteiger partial charge in [-0.1, -0.05) is 36.8 Å². The van der Waals surface area contributed by atoms with Crippen LogP contribution in [-0.4, -0.2) is 53.3 Å². The van der Waals surface area contributed by atoms with E-state index in [2.05, 4.69) is 0 Å². The van der Waals surface area contributed by atoms with Gasteiger partial charge in [0.2, 0.25) is 0 Å². The summed E-state index contributed by atoms with van der Waals surface area (Å²) in [6, 6.07) is 9.84. The summed E-state index contributed by atoms with van der Waals surface area (Å²) < 4.78 is 24.3. The fraction of sp³-hybridized carbons (Fsp3) is 0.684. The van der Waals surface area contributed by atoms with E-state index in [4.69, 9.17) is 18.9 Å². The fourth-order valence-corrected chi connectivity index (χ4v) is 4.05. The molecule has 2 N–H and O–H groups in total. The number of hydrogen-bond acceptors (Lipinski definition) is 6. The van der Waals surface area contributed by atoms with E-state index < -0.39 is 30.4 Å². The largest absolute Gasteiger partial charge is 0.394 e. The zero-order chi connectivity index (χ0) is 17.3. The zero-order valence-corrected chi connectivity index (χ0v) is 14.3. The van der Waals surface area contributed by atoms with Crippen LogP contribution in [-0.2, 0) is 25.6 Å². The minimum atomic E-state index is -1.03. The highest BCUT2D eigenvalue weighted by Gasteiger charge is 2.59. The first kappa shape index (κ1) is 17.4. The molecule has 1 spiro atoms. The van der Waals surface area contributed by atoms with Crippen LogP contribution in [0.3, 0.4) is 0 Å². The van der Waals surface area contributed by atoms with Gasteiger partial charge in [0, 0.05) is 12.8 Å². The minimum Gasteiger partial charge on any atom is -0.394 e. The highest BCUT2D eigenvalue weighted by Crippen LogP contribution is 2.46. The zero-order valence-electron chi connectivity index (χ0n) is 14.3.